The van der Waals surface area contributed by atoms with E-state index >= 15 is 0 Å². The molecular weight excluding hydrogens is 323 g/mol. The number of anilines is 1. The van der Waals surface area contributed by atoms with Gasteiger partial charge in [-0.2, -0.15) is 4.80 Å². The van der Waals surface area contributed by atoms with Crippen molar-refractivity contribution in [2.45, 2.75) is 6.54 Å². The van der Waals surface area contributed by atoms with Gasteiger partial charge >= 0.3 is 0 Å². The van der Waals surface area contributed by atoms with Crippen LogP contribution >= 0.6 is 11.6 Å². The summed E-state index contributed by atoms with van der Waals surface area (Å²) < 4.78 is 13.2. The first kappa shape index (κ1) is 15.0. The lowest BCUT2D eigenvalue weighted by Gasteiger charge is -2.05. The van der Waals surface area contributed by atoms with Crippen molar-refractivity contribution >= 4 is 23.2 Å². The molecule has 0 radical (unpaired) electrons. The van der Waals surface area contributed by atoms with Crippen LogP contribution in [-0.4, -0.2) is 31.1 Å². The van der Waals surface area contributed by atoms with Crippen LogP contribution in [-0.2, 0) is 11.3 Å². The van der Waals surface area contributed by atoms with E-state index in [9.17, 15) is 9.18 Å². The second-order valence-corrected chi connectivity index (χ2v) is 4.90. The highest BCUT2D eigenvalue weighted by atomic mass is 35.5. The Morgan fingerprint density at radius 1 is 1.30 bits per heavy atom. The number of carbonyl (C=O) groups is 1. The fraction of sp³-hybridized carbons (Fsp3) is 0.0714. The molecule has 0 saturated carbocycles. The quantitative estimate of drug-likeness (QED) is 0.740. The molecule has 3 aromatic rings. The van der Waals surface area contributed by atoms with Crippen molar-refractivity contribution in [2.75, 3.05) is 5.32 Å². The maximum Gasteiger partial charge on any atom is 0.248 e. The number of nitrogens with zero attached hydrogens (tertiary/aromatic N) is 5. The summed E-state index contributed by atoms with van der Waals surface area (Å²) in [6.07, 6.45) is 1.52. The molecule has 2 aromatic heterocycles. The summed E-state index contributed by atoms with van der Waals surface area (Å²) in [7, 11) is 0. The van der Waals surface area contributed by atoms with E-state index in [1.165, 1.54) is 18.3 Å². The van der Waals surface area contributed by atoms with E-state index in [2.05, 4.69) is 25.7 Å². The first-order valence-corrected chi connectivity index (χ1v) is 6.94. The zero-order valence-electron chi connectivity index (χ0n) is 11.6. The lowest BCUT2D eigenvalue weighted by molar-refractivity contribution is -0.117. The highest BCUT2D eigenvalue weighted by molar-refractivity contribution is 6.32. The minimum absolute atomic E-state index is 0.159. The first-order chi connectivity index (χ1) is 11.1. The standard InChI is InChI=1S/C14H10ClFN6O/c15-13-11(5-2-6-17-13)18-12(23)8-22-20-14(19-21-22)9-3-1-4-10(16)7-9/h1-7H,8H2,(H,18,23). The first-order valence-electron chi connectivity index (χ1n) is 6.56. The summed E-state index contributed by atoms with van der Waals surface area (Å²) in [4.78, 5) is 16.9. The van der Waals surface area contributed by atoms with Crippen LogP contribution in [0.2, 0.25) is 5.15 Å². The minimum atomic E-state index is -0.400. The number of aromatic nitrogens is 5. The maximum absolute atomic E-state index is 13.2. The predicted octanol–water partition coefficient (Wildman–Crippen LogP) is 2.17. The summed E-state index contributed by atoms with van der Waals surface area (Å²) in [5.41, 5.74) is 0.872. The molecule has 23 heavy (non-hydrogen) atoms. The monoisotopic (exact) mass is 332 g/mol. The molecule has 0 unspecified atom stereocenters. The van der Waals surface area contributed by atoms with Gasteiger partial charge < -0.3 is 5.32 Å². The predicted molar refractivity (Wildman–Crippen MR) is 81.1 cm³/mol. The number of hydrogen-bond donors (Lipinski definition) is 1. The fourth-order valence-electron chi connectivity index (χ4n) is 1.85. The fourth-order valence-corrected chi connectivity index (χ4v) is 2.02. The van der Waals surface area contributed by atoms with Gasteiger partial charge in [-0.15, -0.1) is 10.2 Å². The van der Waals surface area contributed by atoms with Crippen molar-refractivity contribution in [2.24, 2.45) is 0 Å². The van der Waals surface area contributed by atoms with E-state index in [0.717, 1.165) is 4.80 Å². The van der Waals surface area contributed by atoms with Gasteiger partial charge in [0.2, 0.25) is 11.7 Å². The van der Waals surface area contributed by atoms with Crippen LogP contribution in [0.1, 0.15) is 0 Å². The molecule has 3 rings (SSSR count). The molecule has 1 N–H and O–H groups in total. The second-order valence-electron chi connectivity index (χ2n) is 4.54. The van der Waals surface area contributed by atoms with Gasteiger partial charge in [-0.25, -0.2) is 9.37 Å². The van der Waals surface area contributed by atoms with Gasteiger partial charge in [0.15, 0.2) is 5.15 Å². The SMILES string of the molecule is O=C(Cn1nnc(-c2cccc(F)c2)n1)Nc1cccnc1Cl. The molecule has 1 amide bonds. The van der Waals surface area contributed by atoms with E-state index in [-0.39, 0.29) is 23.4 Å². The Labute approximate surface area is 135 Å². The van der Waals surface area contributed by atoms with Crippen molar-refractivity contribution in [1.82, 2.24) is 25.2 Å². The molecule has 0 fully saturated rings. The average molecular weight is 333 g/mol. The molecule has 7 nitrogen and oxygen atoms in total. The van der Waals surface area contributed by atoms with Crippen molar-refractivity contribution in [3.05, 3.63) is 53.6 Å². The van der Waals surface area contributed by atoms with Crippen LogP contribution in [0.4, 0.5) is 10.1 Å². The number of rotatable bonds is 4. The Balaban J connectivity index is 1.69. The Morgan fingerprint density at radius 2 is 2.17 bits per heavy atom. The topological polar surface area (TPSA) is 85.6 Å². The normalized spacial score (nSPS) is 10.5. The van der Waals surface area contributed by atoms with Crippen molar-refractivity contribution < 1.29 is 9.18 Å². The Bertz CT molecular complexity index is 853. The van der Waals surface area contributed by atoms with Crippen LogP contribution < -0.4 is 5.32 Å². The van der Waals surface area contributed by atoms with Gasteiger partial charge in [0.1, 0.15) is 12.4 Å². The van der Waals surface area contributed by atoms with E-state index < -0.39 is 5.82 Å². The van der Waals surface area contributed by atoms with Gasteiger partial charge in [-0.3, -0.25) is 4.79 Å². The third-order valence-electron chi connectivity index (χ3n) is 2.85. The molecule has 2 heterocycles. The van der Waals surface area contributed by atoms with Gasteiger partial charge in [-0.1, -0.05) is 23.7 Å². The Morgan fingerprint density at radius 3 is 2.96 bits per heavy atom. The summed E-state index contributed by atoms with van der Waals surface area (Å²) in [5, 5.41) is 14.4. The lowest BCUT2D eigenvalue weighted by Crippen LogP contribution is -2.20. The van der Waals surface area contributed by atoms with Gasteiger partial charge in [0, 0.05) is 11.8 Å². The van der Waals surface area contributed by atoms with E-state index in [1.807, 2.05) is 0 Å². The third kappa shape index (κ3) is 3.67. The number of amides is 1. The molecule has 1 aromatic carbocycles. The summed E-state index contributed by atoms with van der Waals surface area (Å²) in [6.45, 7) is -0.159. The van der Waals surface area contributed by atoms with Crippen LogP contribution in [0.3, 0.4) is 0 Å². The molecule has 0 aliphatic rings. The largest absolute Gasteiger partial charge is 0.322 e. The van der Waals surface area contributed by atoms with Gasteiger partial charge in [0.05, 0.1) is 5.69 Å². The molecule has 0 aliphatic carbocycles. The summed E-state index contributed by atoms with van der Waals surface area (Å²) >= 11 is 5.86. The van der Waals surface area contributed by atoms with Gasteiger partial charge in [-0.05, 0) is 29.5 Å². The molecule has 0 saturated heterocycles. The zero-order valence-corrected chi connectivity index (χ0v) is 12.4. The maximum atomic E-state index is 13.2. The minimum Gasteiger partial charge on any atom is -0.322 e. The highest BCUT2D eigenvalue weighted by Crippen LogP contribution is 2.17. The zero-order chi connectivity index (χ0) is 16.2. The average Bonchev–Trinajstić information content (AvgIpc) is 2.98. The molecule has 9 heteroatoms. The summed E-state index contributed by atoms with van der Waals surface area (Å²) in [5.74, 6) is -0.553. The van der Waals surface area contributed by atoms with Crippen LogP contribution in [0.15, 0.2) is 42.6 Å². The number of benzene rings is 1. The number of halogens is 2. The second kappa shape index (κ2) is 6.49. The van der Waals surface area contributed by atoms with Crippen molar-refractivity contribution in [1.29, 1.82) is 0 Å². The number of tetrazole rings is 1. The summed E-state index contributed by atoms with van der Waals surface area (Å²) in [6, 6.07) is 9.08. The van der Waals surface area contributed by atoms with Crippen LogP contribution in [0.25, 0.3) is 11.4 Å². The Hall–Kier alpha value is -2.87. The molecule has 0 aliphatic heterocycles. The van der Waals surface area contributed by atoms with Crippen LogP contribution in [0.5, 0.6) is 0 Å². The number of hydrogen-bond acceptors (Lipinski definition) is 5. The van der Waals surface area contributed by atoms with Crippen molar-refractivity contribution in [3.63, 3.8) is 0 Å². The van der Waals surface area contributed by atoms with Gasteiger partial charge in [0.25, 0.3) is 0 Å². The van der Waals surface area contributed by atoms with E-state index in [4.69, 9.17) is 11.6 Å². The van der Waals surface area contributed by atoms with E-state index in [1.54, 1.807) is 24.3 Å². The molecule has 0 bridgehead atoms. The number of carbonyl (C=O) groups excluding carboxylic acids is 1. The van der Waals surface area contributed by atoms with Crippen LogP contribution in [0, 0.1) is 5.82 Å². The lowest BCUT2D eigenvalue weighted by atomic mass is 10.2. The smallest absolute Gasteiger partial charge is 0.248 e. The Kier molecular flexibility index (Phi) is 4.24. The molecule has 116 valence electrons. The van der Waals surface area contributed by atoms with E-state index in [0.29, 0.717) is 11.3 Å². The highest BCUT2D eigenvalue weighted by Gasteiger charge is 2.11. The molecule has 0 atom stereocenters. The number of pyridine rings is 1. The third-order valence-corrected chi connectivity index (χ3v) is 3.16. The molecular formula is C14H10ClFN6O. The molecule has 0 spiro atoms. The van der Waals surface area contributed by atoms with Crippen molar-refractivity contribution in [3.8, 4) is 11.4 Å². The number of nitrogens with one attached hydrogen (secondary N) is 1.